The molecule has 2 aliphatic rings. The Bertz CT molecular complexity index is 1060. The van der Waals surface area contributed by atoms with Gasteiger partial charge in [-0.3, -0.25) is 4.79 Å². The van der Waals surface area contributed by atoms with Crippen molar-refractivity contribution in [2.45, 2.75) is 19.4 Å². The molecule has 0 bridgehead atoms. The molecule has 0 aliphatic carbocycles. The van der Waals surface area contributed by atoms with E-state index in [0.717, 1.165) is 0 Å². The second-order valence-electron chi connectivity index (χ2n) is 7.77. The highest BCUT2D eigenvalue weighted by atomic mass is 19.1. The van der Waals surface area contributed by atoms with Crippen molar-refractivity contribution >= 4 is 29.5 Å². The summed E-state index contributed by atoms with van der Waals surface area (Å²) < 4.78 is 20.1. The zero-order chi connectivity index (χ0) is 23.2. The van der Waals surface area contributed by atoms with Crippen molar-refractivity contribution in [3.63, 3.8) is 0 Å². The van der Waals surface area contributed by atoms with Crippen LogP contribution in [0.1, 0.15) is 24.7 Å². The Kier molecular flexibility index (Phi) is 6.86. The van der Waals surface area contributed by atoms with E-state index in [1.165, 1.54) is 19.2 Å². The number of carbonyl (C=O) groups is 1. The van der Waals surface area contributed by atoms with Crippen molar-refractivity contribution in [1.29, 1.82) is 0 Å². The minimum absolute atomic E-state index is 0.128. The fourth-order valence-corrected chi connectivity index (χ4v) is 3.66. The monoisotopic (exact) mass is 455 g/mol. The molecule has 10 nitrogen and oxygen atoms in total. The van der Waals surface area contributed by atoms with Gasteiger partial charge in [-0.1, -0.05) is 11.2 Å². The minimum atomic E-state index is -0.321. The number of benzene rings is 1. The topological polar surface area (TPSA) is 121 Å². The molecule has 1 unspecified atom stereocenters. The van der Waals surface area contributed by atoms with Gasteiger partial charge in [-0.15, -0.1) is 5.10 Å². The van der Waals surface area contributed by atoms with E-state index in [4.69, 9.17) is 15.0 Å². The van der Waals surface area contributed by atoms with Crippen LogP contribution in [0.5, 0.6) is 0 Å². The van der Waals surface area contributed by atoms with Crippen LogP contribution in [0.3, 0.4) is 0 Å². The van der Waals surface area contributed by atoms with E-state index in [1.54, 1.807) is 24.5 Å². The Hall–Kier alpha value is -3.89. The number of hydrogen-bond acceptors (Lipinski definition) is 7. The predicted octanol–water partition coefficient (Wildman–Crippen LogP) is 1.52. The van der Waals surface area contributed by atoms with Crippen LogP contribution in [0.25, 0.3) is 0 Å². The predicted molar refractivity (Wildman–Crippen MR) is 123 cm³/mol. The summed E-state index contributed by atoms with van der Waals surface area (Å²) in [6.45, 7) is 4.20. The third-order valence-electron chi connectivity index (χ3n) is 5.43. The zero-order valence-corrected chi connectivity index (χ0v) is 18.3. The number of carbonyl (C=O) groups excluding carboxylic acids is 1. The second kappa shape index (κ2) is 10.2. The van der Waals surface area contributed by atoms with Crippen molar-refractivity contribution in [2.24, 2.45) is 21.1 Å². The molecule has 1 aromatic heterocycles. The van der Waals surface area contributed by atoms with Crippen molar-refractivity contribution in [2.75, 3.05) is 37.6 Å². The molecule has 3 N–H and O–H groups in total. The molecule has 2 aliphatic heterocycles. The summed E-state index contributed by atoms with van der Waals surface area (Å²) in [6, 6.07) is 8.61. The van der Waals surface area contributed by atoms with Gasteiger partial charge in [0.25, 0.3) is 0 Å². The van der Waals surface area contributed by atoms with Crippen molar-refractivity contribution in [3.8, 4) is 0 Å². The van der Waals surface area contributed by atoms with E-state index in [-0.39, 0.29) is 17.8 Å². The van der Waals surface area contributed by atoms with Crippen LogP contribution in [-0.4, -0.2) is 67.5 Å². The highest BCUT2D eigenvalue weighted by Gasteiger charge is 2.25. The highest BCUT2D eigenvalue weighted by molar-refractivity contribution is 6.01. The van der Waals surface area contributed by atoms with Crippen molar-refractivity contribution < 1.29 is 18.4 Å². The van der Waals surface area contributed by atoms with Crippen LogP contribution in [0, 0.1) is 5.82 Å². The summed E-state index contributed by atoms with van der Waals surface area (Å²) in [7, 11) is 0. The number of amides is 1. The number of hydrogen-bond donors (Lipinski definition) is 2. The van der Waals surface area contributed by atoms with E-state index in [1.807, 2.05) is 15.9 Å². The molecule has 0 saturated carbocycles. The SMILES string of the molecule is CC(=O)NCC1CC(c2ccc(N3CCN(/C(N)=N/N=C\c4ccco4)CC3)c(F)c2)=NO1. The lowest BCUT2D eigenvalue weighted by Gasteiger charge is -2.36. The van der Waals surface area contributed by atoms with Gasteiger partial charge >= 0.3 is 0 Å². The highest BCUT2D eigenvalue weighted by Crippen LogP contribution is 2.24. The molecule has 33 heavy (non-hydrogen) atoms. The minimum Gasteiger partial charge on any atom is -0.463 e. The quantitative estimate of drug-likeness (QED) is 0.387. The average Bonchev–Trinajstić information content (AvgIpc) is 3.50. The fourth-order valence-electron chi connectivity index (χ4n) is 3.66. The van der Waals surface area contributed by atoms with Crippen LogP contribution < -0.4 is 16.0 Å². The number of guanidine groups is 1. The number of rotatable bonds is 6. The lowest BCUT2D eigenvalue weighted by atomic mass is 10.0. The zero-order valence-electron chi connectivity index (χ0n) is 18.3. The summed E-state index contributed by atoms with van der Waals surface area (Å²) in [6.07, 6.45) is 3.31. The van der Waals surface area contributed by atoms with E-state index >= 15 is 0 Å². The van der Waals surface area contributed by atoms with Gasteiger partial charge in [0.1, 0.15) is 17.7 Å². The maximum atomic E-state index is 14.9. The number of anilines is 1. The number of nitrogens with one attached hydrogen (secondary N) is 1. The van der Waals surface area contributed by atoms with Gasteiger partial charge in [0, 0.05) is 45.1 Å². The van der Waals surface area contributed by atoms with Gasteiger partial charge in [-0.25, -0.2) is 4.39 Å². The van der Waals surface area contributed by atoms with Crippen LogP contribution in [0.4, 0.5) is 10.1 Å². The van der Waals surface area contributed by atoms with Gasteiger partial charge in [0.15, 0.2) is 0 Å². The third-order valence-corrected chi connectivity index (χ3v) is 5.43. The molecule has 0 radical (unpaired) electrons. The first-order chi connectivity index (χ1) is 16.0. The van der Waals surface area contributed by atoms with Crippen molar-refractivity contribution in [1.82, 2.24) is 10.2 Å². The molecule has 1 saturated heterocycles. The number of nitrogens with zero attached hydrogens (tertiary/aromatic N) is 5. The number of piperazine rings is 1. The standard InChI is InChI=1S/C22H26FN7O3/c1-15(31)25-13-18-12-20(28-33-18)16-4-5-21(19(23)11-16)29-6-8-30(9-7-29)22(24)27-26-14-17-3-2-10-32-17/h2-5,10-11,14,18H,6-9,12-13H2,1H3,(H2,24,27)(H,25,31)/b26-14-. The van der Waals surface area contributed by atoms with Crippen LogP contribution in [-0.2, 0) is 9.63 Å². The summed E-state index contributed by atoms with van der Waals surface area (Å²) in [4.78, 5) is 20.3. The molecular formula is C22H26FN7O3. The van der Waals surface area contributed by atoms with Gasteiger partial charge < -0.3 is 30.1 Å². The van der Waals surface area contributed by atoms with E-state index in [9.17, 15) is 9.18 Å². The van der Waals surface area contributed by atoms with Crippen molar-refractivity contribution in [3.05, 3.63) is 53.7 Å². The van der Waals surface area contributed by atoms with E-state index < -0.39 is 0 Å². The van der Waals surface area contributed by atoms with Crippen LogP contribution >= 0.6 is 0 Å². The first-order valence-electron chi connectivity index (χ1n) is 10.7. The summed E-state index contributed by atoms with van der Waals surface area (Å²) >= 11 is 0. The fraction of sp³-hybridized carbons (Fsp3) is 0.364. The molecule has 1 amide bonds. The molecule has 174 valence electrons. The molecule has 3 heterocycles. The smallest absolute Gasteiger partial charge is 0.217 e. The molecule has 4 rings (SSSR count). The van der Waals surface area contributed by atoms with Crippen LogP contribution in [0.15, 0.2) is 56.4 Å². The van der Waals surface area contributed by atoms with Gasteiger partial charge in [-0.2, -0.15) is 5.10 Å². The first-order valence-corrected chi connectivity index (χ1v) is 10.7. The molecular weight excluding hydrogens is 429 g/mol. The second-order valence-corrected chi connectivity index (χ2v) is 7.77. The number of oxime groups is 1. The molecule has 1 aromatic carbocycles. The summed E-state index contributed by atoms with van der Waals surface area (Å²) in [5, 5.41) is 14.7. The largest absolute Gasteiger partial charge is 0.463 e. The Morgan fingerprint density at radius 2 is 2.15 bits per heavy atom. The molecule has 11 heteroatoms. The van der Waals surface area contributed by atoms with Gasteiger partial charge in [0.05, 0.1) is 30.4 Å². The molecule has 1 fully saturated rings. The molecule has 2 aromatic rings. The Morgan fingerprint density at radius 3 is 2.85 bits per heavy atom. The normalized spacial score (nSPS) is 19.0. The number of halogens is 1. The summed E-state index contributed by atoms with van der Waals surface area (Å²) in [5.41, 5.74) is 7.90. The lowest BCUT2D eigenvalue weighted by Crippen LogP contribution is -2.51. The van der Waals surface area contributed by atoms with Crippen LogP contribution in [0.2, 0.25) is 0 Å². The Balaban J connectivity index is 1.31. The average molecular weight is 455 g/mol. The Morgan fingerprint density at radius 1 is 1.33 bits per heavy atom. The third kappa shape index (κ3) is 5.68. The number of furan rings is 1. The lowest BCUT2D eigenvalue weighted by molar-refractivity contribution is -0.119. The maximum absolute atomic E-state index is 14.9. The van der Waals surface area contributed by atoms with E-state index in [2.05, 4.69) is 20.7 Å². The maximum Gasteiger partial charge on any atom is 0.217 e. The molecule has 1 atom stereocenters. The molecule has 0 spiro atoms. The van der Waals surface area contributed by atoms with E-state index in [0.29, 0.717) is 67.8 Å². The Labute approximate surface area is 190 Å². The van der Waals surface area contributed by atoms with Gasteiger partial charge in [-0.05, 0) is 24.3 Å². The number of nitrogens with two attached hydrogens (primary N) is 1. The first kappa shape index (κ1) is 22.3. The summed E-state index contributed by atoms with van der Waals surface area (Å²) in [5.74, 6) is 0.450. The van der Waals surface area contributed by atoms with Gasteiger partial charge in [0.2, 0.25) is 11.9 Å².